The molecule has 6 nitrogen and oxygen atoms in total. The molecule has 0 bridgehead atoms. The van der Waals surface area contributed by atoms with Gasteiger partial charge in [0.05, 0.1) is 12.1 Å². The number of piperidine rings is 1. The van der Waals surface area contributed by atoms with Gasteiger partial charge in [-0.3, -0.25) is 14.5 Å². The number of carbonyl (C=O) groups excluding carboxylic acids is 2. The van der Waals surface area contributed by atoms with Gasteiger partial charge in [-0.05, 0) is 44.7 Å². The number of aryl methyl sites for hydroxylation is 2. The van der Waals surface area contributed by atoms with E-state index in [1.807, 2.05) is 41.8 Å². The van der Waals surface area contributed by atoms with Crippen LogP contribution in [0.5, 0.6) is 0 Å². The van der Waals surface area contributed by atoms with E-state index in [1.165, 1.54) is 0 Å². The molecule has 2 saturated heterocycles. The maximum Gasteiger partial charge on any atom is 0.254 e. The zero-order valence-electron chi connectivity index (χ0n) is 14.9. The number of nitrogens with two attached hydrogens (primary N) is 1. The first-order valence-electron chi connectivity index (χ1n) is 8.96. The maximum absolute atomic E-state index is 12.8. The van der Waals surface area contributed by atoms with E-state index in [0.29, 0.717) is 26.1 Å². The lowest BCUT2D eigenvalue weighted by Gasteiger charge is -2.38. The smallest absolute Gasteiger partial charge is 0.254 e. The molecule has 0 radical (unpaired) electrons. The van der Waals surface area contributed by atoms with Crippen molar-refractivity contribution >= 4 is 11.8 Å². The normalized spacial score (nSPS) is 25.3. The molecule has 2 amide bonds. The van der Waals surface area contributed by atoms with Gasteiger partial charge in [-0.15, -0.1) is 0 Å². The Bertz CT molecular complexity index is 668. The molecular formula is C19H27N3O3. The van der Waals surface area contributed by atoms with Crippen molar-refractivity contribution in [1.82, 2.24) is 9.80 Å². The Morgan fingerprint density at radius 1 is 1.20 bits per heavy atom. The fraction of sp³-hybridized carbons (Fsp3) is 0.579. The van der Waals surface area contributed by atoms with Crippen LogP contribution >= 0.6 is 0 Å². The number of β-amino-alcohol motifs (C(OH)–C–C–N with tert-alkyl or cyclic N) is 1. The molecule has 3 N–H and O–H groups in total. The summed E-state index contributed by atoms with van der Waals surface area (Å²) in [5.74, 6) is -0.294. The number of aliphatic hydroxyl groups is 1. The van der Waals surface area contributed by atoms with Gasteiger partial charge in [0.25, 0.3) is 5.91 Å². The van der Waals surface area contributed by atoms with Crippen molar-refractivity contribution in [2.24, 2.45) is 5.73 Å². The van der Waals surface area contributed by atoms with E-state index >= 15 is 0 Å². The zero-order chi connectivity index (χ0) is 18.1. The minimum absolute atomic E-state index is 0.0764. The van der Waals surface area contributed by atoms with E-state index < -0.39 is 6.10 Å². The lowest BCUT2D eigenvalue weighted by atomic mass is 9.99. The van der Waals surface area contributed by atoms with Gasteiger partial charge in [-0.1, -0.05) is 17.7 Å². The highest BCUT2D eigenvalue weighted by molar-refractivity contribution is 5.95. The molecule has 6 heteroatoms. The summed E-state index contributed by atoms with van der Waals surface area (Å²) in [5.41, 5.74) is 8.33. The van der Waals surface area contributed by atoms with Gasteiger partial charge in [0.1, 0.15) is 0 Å². The molecule has 0 spiro atoms. The summed E-state index contributed by atoms with van der Waals surface area (Å²) in [7, 11) is 0. The molecular weight excluding hydrogens is 318 g/mol. The van der Waals surface area contributed by atoms with Crippen LogP contribution in [0, 0.1) is 13.8 Å². The second-order valence-electron chi connectivity index (χ2n) is 7.35. The van der Waals surface area contributed by atoms with Crippen molar-refractivity contribution in [2.45, 2.75) is 51.3 Å². The summed E-state index contributed by atoms with van der Waals surface area (Å²) in [6.45, 7) is 5.76. The summed E-state index contributed by atoms with van der Waals surface area (Å²) in [6, 6.07) is 5.75. The molecule has 0 saturated carbocycles. The number of nitrogens with zero attached hydrogens (tertiary/aromatic N) is 2. The van der Waals surface area contributed by atoms with Gasteiger partial charge in [0.2, 0.25) is 5.91 Å². The van der Waals surface area contributed by atoms with Gasteiger partial charge >= 0.3 is 0 Å². The number of benzene rings is 1. The van der Waals surface area contributed by atoms with Crippen molar-refractivity contribution in [3.05, 3.63) is 34.9 Å². The van der Waals surface area contributed by atoms with Crippen LogP contribution in [0.4, 0.5) is 0 Å². The number of primary amides is 1. The number of likely N-dealkylation sites (tertiary alicyclic amines) is 2. The average molecular weight is 345 g/mol. The second-order valence-corrected chi connectivity index (χ2v) is 7.35. The first kappa shape index (κ1) is 17.9. The van der Waals surface area contributed by atoms with Gasteiger partial charge in [0, 0.05) is 31.2 Å². The van der Waals surface area contributed by atoms with Gasteiger partial charge in [-0.25, -0.2) is 0 Å². The Morgan fingerprint density at radius 3 is 2.52 bits per heavy atom. The van der Waals surface area contributed by atoms with E-state index in [0.717, 1.165) is 29.5 Å². The molecule has 3 rings (SSSR count). The lowest BCUT2D eigenvalue weighted by molar-refractivity contribution is -0.123. The summed E-state index contributed by atoms with van der Waals surface area (Å²) in [4.78, 5) is 28.4. The Kier molecular flexibility index (Phi) is 5.11. The minimum Gasteiger partial charge on any atom is -0.392 e. The van der Waals surface area contributed by atoms with Crippen LogP contribution in [0.15, 0.2) is 18.2 Å². The third-order valence-electron chi connectivity index (χ3n) is 5.49. The van der Waals surface area contributed by atoms with E-state index in [1.54, 1.807) is 0 Å². The van der Waals surface area contributed by atoms with Gasteiger partial charge in [0.15, 0.2) is 0 Å². The molecule has 0 aromatic heterocycles. The molecule has 2 aliphatic heterocycles. The fourth-order valence-corrected chi connectivity index (χ4v) is 4.06. The highest BCUT2D eigenvalue weighted by Crippen LogP contribution is 2.27. The highest BCUT2D eigenvalue weighted by Gasteiger charge is 2.40. The Hall–Kier alpha value is -1.92. The molecule has 2 atom stereocenters. The van der Waals surface area contributed by atoms with Crippen molar-refractivity contribution in [1.29, 1.82) is 0 Å². The summed E-state index contributed by atoms with van der Waals surface area (Å²) in [6.07, 6.45) is 1.52. The topological polar surface area (TPSA) is 86.9 Å². The first-order chi connectivity index (χ1) is 11.9. The fourth-order valence-electron chi connectivity index (χ4n) is 4.06. The van der Waals surface area contributed by atoms with E-state index in [4.69, 9.17) is 5.73 Å². The van der Waals surface area contributed by atoms with Crippen LogP contribution in [-0.4, -0.2) is 64.5 Å². The zero-order valence-corrected chi connectivity index (χ0v) is 14.9. The molecule has 0 aliphatic carbocycles. The quantitative estimate of drug-likeness (QED) is 0.849. The number of carbonyl (C=O) groups is 2. The first-order valence-corrected chi connectivity index (χ1v) is 8.96. The van der Waals surface area contributed by atoms with E-state index in [2.05, 4.69) is 0 Å². The number of hydrogen-bond donors (Lipinski definition) is 2. The highest BCUT2D eigenvalue weighted by atomic mass is 16.3. The Morgan fingerprint density at radius 2 is 1.88 bits per heavy atom. The van der Waals surface area contributed by atoms with Crippen LogP contribution in [-0.2, 0) is 4.79 Å². The third-order valence-corrected chi connectivity index (χ3v) is 5.49. The average Bonchev–Trinajstić information content (AvgIpc) is 2.99. The number of rotatable bonds is 3. The predicted octanol–water partition coefficient (Wildman–Crippen LogP) is 0.829. The van der Waals surface area contributed by atoms with Crippen LogP contribution in [0.1, 0.15) is 40.7 Å². The monoisotopic (exact) mass is 345 g/mol. The third kappa shape index (κ3) is 3.70. The molecule has 2 fully saturated rings. The summed E-state index contributed by atoms with van der Waals surface area (Å²) >= 11 is 0. The standard InChI is InChI=1S/C19H27N3O3/c1-12-3-4-13(2)16(9-12)19(25)21-7-5-14(6-8-21)22-11-15(23)10-17(22)18(20)24/h3-4,9,14-15,17,23H,5-8,10-11H2,1-2H3,(H2,20,24)/t15-,17+/m1/s1. The molecule has 0 unspecified atom stereocenters. The molecule has 2 aliphatic rings. The Labute approximate surface area is 148 Å². The molecule has 2 heterocycles. The molecule has 136 valence electrons. The minimum atomic E-state index is -0.493. The van der Waals surface area contributed by atoms with Crippen LogP contribution in [0.25, 0.3) is 0 Å². The second kappa shape index (κ2) is 7.14. The number of hydrogen-bond acceptors (Lipinski definition) is 4. The van der Waals surface area contributed by atoms with Crippen molar-refractivity contribution < 1.29 is 14.7 Å². The van der Waals surface area contributed by atoms with Crippen LogP contribution < -0.4 is 5.73 Å². The largest absolute Gasteiger partial charge is 0.392 e. The van der Waals surface area contributed by atoms with Gasteiger partial charge in [-0.2, -0.15) is 0 Å². The number of amides is 2. The summed E-state index contributed by atoms with van der Waals surface area (Å²) < 4.78 is 0. The summed E-state index contributed by atoms with van der Waals surface area (Å²) in [5, 5.41) is 9.88. The van der Waals surface area contributed by atoms with Crippen LogP contribution in [0.2, 0.25) is 0 Å². The number of aliphatic hydroxyl groups excluding tert-OH is 1. The molecule has 1 aromatic carbocycles. The maximum atomic E-state index is 12.8. The van der Waals surface area contributed by atoms with Crippen molar-refractivity contribution in [3.63, 3.8) is 0 Å². The molecule has 1 aromatic rings. The Balaban J connectivity index is 1.64. The van der Waals surface area contributed by atoms with E-state index in [9.17, 15) is 14.7 Å². The van der Waals surface area contributed by atoms with Crippen LogP contribution in [0.3, 0.4) is 0 Å². The lowest BCUT2D eigenvalue weighted by Crippen LogP contribution is -2.51. The molecule has 25 heavy (non-hydrogen) atoms. The van der Waals surface area contributed by atoms with Crippen molar-refractivity contribution in [2.75, 3.05) is 19.6 Å². The SMILES string of the molecule is Cc1ccc(C)c(C(=O)N2CCC(N3C[C@H](O)C[C@H]3C(N)=O)CC2)c1. The van der Waals surface area contributed by atoms with Crippen molar-refractivity contribution in [3.8, 4) is 0 Å². The van der Waals surface area contributed by atoms with Gasteiger partial charge < -0.3 is 15.7 Å². The van der Waals surface area contributed by atoms with E-state index in [-0.39, 0.29) is 23.9 Å². The predicted molar refractivity (Wildman–Crippen MR) is 95.2 cm³/mol.